The van der Waals surface area contributed by atoms with Gasteiger partial charge in [-0.05, 0) is 23.8 Å². The molecule has 2 aromatic carbocycles. The van der Waals surface area contributed by atoms with Crippen molar-refractivity contribution >= 4 is 17.3 Å². The van der Waals surface area contributed by atoms with Crippen LogP contribution < -0.4 is 10.1 Å². The maximum absolute atomic E-state index is 10.0. The summed E-state index contributed by atoms with van der Waals surface area (Å²) in [5, 5.41) is 22.7. The van der Waals surface area contributed by atoms with E-state index < -0.39 is 0 Å². The highest BCUT2D eigenvalue weighted by Gasteiger charge is 2.09. The summed E-state index contributed by atoms with van der Waals surface area (Å²) in [6.07, 6.45) is 0. The second-order valence-corrected chi connectivity index (χ2v) is 4.76. The zero-order valence-electron chi connectivity index (χ0n) is 11.1. The summed E-state index contributed by atoms with van der Waals surface area (Å²) in [4.78, 5) is 0. The molecular formula is C15H16ClNO3. The summed E-state index contributed by atoms with van der Waals surface area (Å²) in [5.74, 6) is 0.432. The third-order valence-corrected chi connectivity index (χ3v) is 3.18. The van der Waals surface area contributed by atoms with Gasteiger partial charge in [0.2, 0.25) is 0 Å². The number of rotatable bonds is 5. The number of anilines is 1. The van der Waals surface area contributed by atoms with Gasteiger partial charge in [0, 0.05) is 28.9 Å². The number of benzene rings is 2. The second-order valence-electron chi connectivity index (χ2n) is 4.32. The van der Waals surface area contributed by atoms with E-state index in [1.54, 1.807) is 12.1 Å². The molecule has 0 radical (unpaired) electrons. The van der Waals surface area contributed by atoms with E-state index >= 15 is 0 Å². The summed E-state index contributed by atoms with van der Waals surface area (Å²) in [6.45, 7) is 0.438. The van der Waals surface area contributed by atoms with Gasteiger partial charge in [-0.1, -0.05) is 23.7 Å². The number of hydrogen-bond acceptors (Lipinski definition) is 4. The number of aliphatic hydroxyl groups is 1. The van der Waals surface area contributed by atoms with Gasteiger partial charge in [0.15, 0.2) is 11.5 Å². The molecule has 0 aliphatic rings. The molecule has 0 unspecified atom stereocenters. The molecular weight excluding hydrogens is 278 g/mol. The van der Waals surface area contributed by atoms with Crippen molar-refractivity contribution in [2.75, 3.05) is 12.4 Å². The first-order valence-corrected chi connectivity index (χ1v) is 6.51. The van der Waals surface area contributed by atoms with Crippen LogP contribution >= 0.6 is 11.6 Å². The van der Waals surface area contributed by atoms with Crippen LogP contribution in [-0.4, -0.2) is 17.3 Å². The van der Waals surface area contributed by atoms with Gasteiger partial charge in [-0.2, -0.15) is 0 Å². The lowest BCUT2D eigenvalue weighted by Gasteiger charge is -2.12. The molecule has 0 aliphatic heterocycles. The number of methoxy groups -OCH3 is 1. The van der Waals surface area contributed by atoms with E-state index in [0.29, 0.717) is 22.9 Å². The van der Waals surface area contributed by atoms with Crippen LogP contribution in [0, 0.1) is 0 Å². The van der Waals surface area contributed by atoms with Crippen molar-refractivity contribution in [3.8, 4) is 11.5 Å². The summed E-state index contributed by atoms with van der Waals surface area (Å²) in [7, 11) is 1.48. The van der Waals surface area contributed by atoms with Gasteiger partial charge in [-0.25, -0.2) is 0 Å². The molecule has 0 saturated heterocycles. The molecule has 0 amide bonds. The molecule has 0 aliphatic carbocycles. The van der Waals surface area contributed by atoms with E-state index in [4.69, 9.17) is 21.4 Å². The molecule has 0 bridgehead atoms. The number of ether oxygens (including phenoxy) is 1. The predicted molar refractivity (Wildman–Crippen MR) is 79.4 cm³/mol. The second kappa shape index (κ2) is 6.50. The summed E-state index contributed by atoms with van der Waals surface area (Å²) in [5.41, 5.74) is 2.39. The third kappa shape index (κ3) is 3.35. The van der Waals surface area contributed by atoms with E-state index in [-0.39, 0.29) is 12.4 Å². The fourth-order valence-electron chi connectivity index (χ4n) is 1.84. The highest BCUT2D eigenvalue weighted by molar-refractivity contribution is 6.30. The first kappa shape index (κ1) is 14.5. The molecule has 0 atom stereocenters. The average molecular weight is 294 g/mol. The summed E-state index contributed by atoms with van der Waals surface area (Å²) in [6, 6.07) is 10.7. The van der Waals surface area contributed by atoms with Crippen LogP contribution in [0.3, 0.4) is 0 Å². The highest BCUT2D eigenvalue weighted by Crippen LogP contribution is 2.33. The Bertz CT molecular complexity index is 584. The fraction of sp³-hybridized carbons (Fsp3) is 0.200. The lowest BCUT2D eigenvalue weighted by Crippen LogP contribution is -2.01. The van der Waals surface area contributed by atoms with Crippen molar-refractivity contribution in [1.29, 1.82) is 0 Å². The largest absolute Gasteiger partial charge is 0.504 e. The van der Waals surface area contributed by atoms with Crippen molar-refractivity contribution in [2.24, 2.45) is 0 Å². The van der Waals surface area contributed by atoms with Crippen LogP contribution in [0.2, 0.25) is 5.02 Å². The predicted octanol–water partition coefficient (Wildman–Crippen LogP) is 3.16. The number of hydrogen-bond donors (Lipinski definition) is 3. The number of phenolic OH excluding ortho intramolecular Hbond substituents is 1. The lowest BCUT2D eigenvalue weighted by molar-refractivity contribution is 0.282. The van der Waals surface area contributed by atoms with Crippen LogP contribution in [0.1, 0.15) is 11.1 Å². The van der Waals surface area contributed by atoms with E-state index in [1.165, 1.54) is 7.11 Å². The maximum atomic E-state index is 10.0. The van der Waals surface area contributed by atoms with Crippen LogP contribution in [0.15, 0.2) is 36.4 Å². The standard InChI is InChI=1S/C15H16ClNO3/c1-20-14-7-12(16)6-11(15(14)19)8-17-13-4-2-10(9-18)3-5-13/h2-7,17-19H,8-9H2,1H3. The van der Waals surface area contributed by atoms with E-state index in [1.807, 2.05) is 24.3 Å². The van der Waals surface area contributed by atoms with Crippen molar-refractivity contribution < 1.29 is 14.9 Å². The molecule has 106 valence electrons. The van der Waals surface area contributed by atoms with Gasteiger partial charge < -0.3 is 20.3 Å². The Labute approximate surface area is 122 Å². The van der Waals surface area contributed by atoms with Gasteiger partial charge in [0.1, 0.15) is 0 Å². The average Bonchev–Trinajstić information content (AvgIpc) is 2.48. The number of aliphatic hydroxyl groups excluding tert-OH is 1. The Balaban J connectivity index is 2.11. The zero-order chi connectivity index (χ0) is 14.5. The van der Waals surface area contributed by atoms with E-state index in [9.17, 15) is 5.11 Å². The Morgan fingerprint density at radius 1 is 1.20 bits per heavy atom. The minimum atomic E-state index is 0.0204. The molecule has 0 fully saturated rings. The zero-order valence-corrected chi connectivity index (χ0v) is 11.8. The van der Waals surface area contributed by atoms with Crippen molar-refractivity contribution in [3.05, 3.63) is 52.5 Å². The molecule has 0 saturated carbocycles. The molecule has 5 heteroatoms. The minimum absolute atomic E-state index is 0.0204. The summed E-state index contributed by atoms with van der Waals surface area (Å²) < 4.78 is 5.06. The van der Waals surface area contributed by atoms with Gasteiger partial charge in [0.25, 0.3) is 0 Å². The van der Waals surface area contributed by atoms with Crippen LogP contribution in [0.25, 0.3) is 0 Å². The monoisotopic (exact) mass is 293 g/mol. The summed E-state index contributed by atoms with van der Waals surface area (Å²) >= 11 is 5.98. The Morgan fingerprint density at radius 3 is 2.50 bits per heavy atom. The first-order chi connectivity index (χ1) is 9.63. The van der Waals surface area contributed by atoms with Crippen LogP contribution in [0.4, 0.5) is 5.69 Å². The molecule has 3 N–H and O–H groups in total. The van der Waals surface area contributed by atoms with Crippen LogP contribution in [-0.2, 0) is 13.2 Å². The molecule has 20 heavy (non-hydrogen) atoms. The SMILES string of the molecule is COc1cc(Cl)cc(CNc2ccc(CO)cc2)c1O. The van der Waals surface area contributed by atoms with Gasteiger partial charge in [0.05, 0.1) is 13.7 Å². The number of phenols is 1. The Morgan fingerprint density at radius 2 is 1.90 bits per heavy atom. The normalized spacial score (nSPS) is 10.3. The van der Waals surface area contributed by atoms with Crippen molar-refractivity contribution in [3.63, 3.8) is 0 Å². The van der Waals surface area contributed by atoms with Crippen LogP contribution in [0.5, 0.6) is 11.5 Å². The maximum Gasteiger partial charge on any atom is 0.162 e. The fourth-order valence-corrected chi connectivity index (χ4v) is 2.07. The third-order valence-electron chi connectivity index (χ3n) is 2.96. The molecule has 2 rings (SSSR count). The van der Waals surface area contributed by atoms with Gasteiger partial charge in [-0.15, -0.1) is 0 Å². The smallest absolute Gasteiger partial charge is 0.162 e. The Kier molecular flexibility index (Phi) is 4.71. The number of nitrogens with one attached hydrogen (secondary N) is 1. The molecule has 0 spiro atoms. The van der Waals surface area contributed by atoms with E-state index in [2.05, 4.69) is 5.32 Å². The quantitative estimate of drug-likeness (QED) is 0.792. The lowest BCUT2D eigenvalue weighted by atomic mass is 10.1. The van der Waals surface area contributed by atoms with Crippen molar-refractivity contribution in [1.82, 2.24) is 0 Å². The van der Waals surface area contributed by atoms with E-state index in [0.717, 1.165) is 11.3 Å². The van der Waals surface area contributed by atoms with Crippen molar-refractivity contribution in [2.45, 2.75) is 13.2 Å². The Hall–Kier alpha value is -1.91. The minimum Gasteiger partial charge on any atom is -0.504 e. The highest BCUT2D eigenvalue weighted by atomic mass is 35.5. The molecule has 0 aromatic heterocycles. The van der Waals surface area contributed by atoms with Gasteiger partial charge >= 0.3 is 0 Å². The first-order valence-electron chi connectivity index (χ1n) is 6.13. The number of halogens is 1. The molecule has 2 aromatic rings. The topological polar surface area (TPSA) is 61.7 Å². The van der Waals surface area contributed by atoms with Gasteiger partial charge in [-0.3, -0.25) is 0 Å². The molecule has 0 heterocycles. The molecule has 4 nitrogen and oxygen atoms in total. The number of aromatic hydroxyl groups is 1.